The molecule has 3 nitrogen and oxygen atoms in total. The maximum atomic E-state index is 13.6. The lowest BCUT2D eigenvalue weighted by Crippen LogP contribution is -2.43. The van der Waals surface area contributed by atoms with E-state index in [0.29, 0.717) is 5.56 Å². The summed E-state index contributed by atoms with van der Waals surface area (Å²) in [6.07, 6.45) is 0. The van der Waals surface area contributed by atoms with Crippen molar-refractivity contribution in [1.29, 1.82) is 0 Å². The number of carbonyl (C=O) groups is 2. The average molecular weight is 470 g/mol. The third-order valence-electron chi connectivity index (χ3n) is 4.98. The van der Waals surface area contributed by atoms with Crippen LogP contribution in [0.15, 0.2) is 131 Å². The monoisotopic (exact) mass is 469 g/mol. The molecule has 4 aromatic rings. The number of hydrogen-bond acceptors (Lipinski definition) is 4. The van der Waals surface area contributed by atoms with Gasteiger partial charge in [-0.15, -0.1) is 11.8 Å². The first-order valence-electron chi connectivity index (χ1n) is 10.6. The van der Waals surface area contributed by atoms with Gasteiger partial charge in [0.1, 0.15) is 6.04 Å². The first kappa shape index (κ1) is 22.9. The van der Waals surface area contributed by atoms with E-state index in [1.807, 2.05) is 109 Å². The van der Waals surface area contributed by atoms with Gasteiger partial charge >= 0.3 is 0 Å². The molecule has 0 saturated heterocycles. The van der Waals surface area contributed by atoms with Crippen LogP contribution in [0.4, 0.5) is 0 Å². The van der Waals surface area contributed by atoms with E-state index in [2.05, 4.69) is 5.32 Å². The summed E-state index contributed by atoms with van der Waals surface area (Å²) in [5.41, 5.74) is 1.50. The third kappa shape index (κ3) is 6.37. The smallest absolute Gasteiger partial charge is 0.251 e. The van der Waals surface area contributed by atoms with E-state index in [4.69, 9.17) is 0 Å². The Labute approximate surface area is 202 Å². The molecule has 1 N–H and O–H groups in total. The molecular formula is C28H23NO2S2. The topological polar surface area (TPSA) is 46.2 Å². The first-order chi connectivity index (χ1) is 16.2. The number of nitrogens with one attached hydrogen (secondary N) is 1. The van der Waals surface area contributed by atoms with Crippen LogP contribution in [0.2, 0.25) is 0 Å². The molecule has 0 aliphatic rings. The molecule has 33 heavy (non-hydrogen) atoms. The van der Waals surface area contributed by atoms with Crippen molar-refractivity contribution in [2.45, 2.75) is 21.1 Å². The number of carbonyl (C=O) groups excluding carboxylic acids is 2. The molecule has 0 fully saturated rings. The van der Waals surface area contributed by atoms with E-state index >= 15 is 0 Å². The van der Waals surface area contributed by atoms with Crippen molar-refractivity contribution in [3.05, 3.63) is 132 Å². The molecule has 0 heterocycles. The van der Waals surface area contributed by atoms with Crippen LogP contribution in [0.3, 0.4) is 0 Å². The summed E-state index contributed by atoms with van der Waals surface area (Å²) in [4.78, 5) is 28.6. The van der Waals surface area contributed by atoms with E-state index < -0.39 is 6.04 Å². The van der Waals surface area contributed by atoms with Crippen molar-refractivity contribution in [2.75, 3.05) is 0 Å². The minimum atomic E-state index is -0.740. The lowest BCUT2D eigenvalue weighted by Gasteiger charge is -2.27. The second-order valence-electron chi connectivity index (χ2n) is 7.31. The fraction of sp³-hybridized carbons (Fsp3) is 0.0714. The summed E-state index contributed by atoms with van der Waals surface area (Å²) >= 11 is 2.73. The van der Waals surface area contributed by atoms with Gasteiger partial charge in [0.25, 0.3) is 5.91 Å². The Bertz CT molecular complexity index is 1170. The van der Waals surface area contributed by atoms with Gasteiger partial charge in [-0.1, -0.05) is 84.9 Å². The molecule has 0 aromatic heterocycles. The maximum Gasteiger partial charge on any atom is 0.251 e. The Morgan fingerprint density at radius 1 is 0.606 bits per heavy atom. The lowest BCUT2D eigenvalue weighted by atomic mass is 10.1. The van der Waals surface area contributed by atoms with E-state index in [9.17, 15) is 9.59 Å². The van der Waals surface area contributed by atoms with E-state index in [-0.39, 0.29) is 16.3 Å². The zero-order valence-electron chi connectivity index (χ0n) is 17.8. The molecule has 4 rings (SSSR count). The second-order valence-corrected chi connectivity index (χ2v) is 9.61. The molecule has 164 valence electrons. The van der Waals surface area contributed by atoms with Crippen LogP contribution in [0.25, 0.3) is 0 Å². The summed E-state index contributed by atoms with van der Waals surface area (Å²) in [7, 11) is 0. The van der Waals surface area contributed by atoms with Gasteiger partial charge in [0.05, 0.1) is 5.25 Å². The van der Waals surface area contributed by atoms with Crippen molar-refractivity contribution in [1.82, 2.24) is 5.32 Å². The van der Waals surface area contributed by atoms with Crippen molar-refractivity contribution >= 4 is 34.5 Å². The molecule has 4 aromatic carbocycles. The van der Waals surface area contributed by atoms with Gasteiger partial charge in [-0.05, 0) is 53.7 Å². The van der Waals surface area contributed by atoms with E-state index in [1.165, 1.54) is 0 Å². The Morgan fingerprint density at radius 3 is 1.67 bits per heavy atom. The quantitative estimate of drug-likeness (QED) is 0.294. The fourth-order valence-corrected chi connectivity index (χ4v) is 5.52. The van der Waals surface area contributed by atoms with Crippen LogP contribution in [0, 0.1) is 0 Å². The molecule has 0 aliphatic heterocycles. The predicted molar refractivity (Wildman–Crippen MR) is 136 cm³/mol. The Hall–Kier alpha value is -3.28. The summed E-state index contributed by atoms with van der Waals surface area (Å²) in [5, 5.41) is 2.63. The molecule has 0 radical (unpaired) electrons. The highest BCUT2D eigenvalue weighted by Gasteiger charge is 2.33. The summed E-state index contributed by atoms with van der Waals surface area (Å²) in [6, 6.07) is 37.6. The Morgan fingerprint density at radius 2 is 1.09 bits per heavy atom. The van der Waals surface area contributed by atoms with Crippen molar-refractivity contribution in [3.63, 3.8) is 0 Å². The van der Waals surface area contributed by atoms with Crippen molar-refractivity contribution in [2.24, 2.45) is 0 Å². The van der Waals surface area contributed by atoms with Crippen LogP contribution in [-0.2, 0) is 4.79 Å². The number of amides is 1. The van der Waals surface area contributed by atoms with Crippen molar-refractivity contribution < 1.29 is 9.59 Å². The van der Waals surface area contributed by atoms with Gasteiger partial charge in [-0.3, -0.25) is 9.59 Å². The van der Waals surface area contributed by atoms with Crippen LogP contribution >= 0.6 is 23.5 Å². The summed E-state index contributed by atoms with van der Waals surface area (Å²) in [5.74, 6) is -0.266. The molecule has 0 aliphatic carbocycles. The van der Waals surface area contributed by atoms with Gasteiger partial charge in [-0.25, -0.2) is 0 Å². The van der Waals surface area contributed by atoms with Gasteiger partial charge in [0.2, 0.25) is 5.12 Å². The van der Waals surface area contributed by atoms with Gasteiger partial charge in [-0.2, -0.15) is 0 Å². The normalized spacial score (nSPS) is 12.5. The largest absolute Gasteiger partial charge is 0.340 e. The Kier molecular flexibility index (Phi) is 8.01. The minimum absolute atomic E-state index is 0.109. The molecule has 5 heteroatoms. The molecule has 2 atom stereocenters. The molecule has 1 amide bonds. The van der Waals surface area contributed by atoms with Gasteiger partial charge < -0.3 is 5.32 Å². The van der Waals surface area contributed by atoms with E-state index in [0.717, 1.165) is 27.1 Å². The van der Waals surface area contributed by atoms with Crippen LogP contribution in [-0.4, -0.2) is 17.1 Å². The first-order valence-corrected chi connectivity index (χ1v) is 12.3. The minimum Gasteiger partial charge on any atom is -0.340 e. The van der Waals surface area contributed by atoms with Crippen LogP contribution in [0.5, 0.6) is 0 Å². The van der Waals surface area contributed by atoms with Gasteiger partial charge in [0.15, 0.2) is 0 Å². The number of benzene rings is 4. The van der Waals surface area contributed by atoms with Crippen LogP contribution in [0.1, 0.15) is 21.2 Å². The third-order valence-corrected chi connectivity index (χ3v) is 7.28. The highest BCUT2D eigenvalue weighted by atomic mass is 32.2. The zero-order valence-corrected chi connectivity index (χ0v) is 19.5. The standard InChI is InChI=1S/C28H23NO2S2/c30-27(22-15-7-2-8-16-22)29-25(28(31)33-24-19-11-4-12-20-24)26(21-13-5-1-6-14-21)32-23-17-9-3-10-18-23/h1-20,25-26H,(H,29,30)/t25-,26+/m0/s1. The highest BCUT2D eigenvalue weighted by molar-refractivity contribution is 8.14. The Balaban J connectivity index is 1.70. The average Bonchev–Trinajstić information content (AvgIpc) is 2.88. The maximum absolute atomic E-state index is 13.6. The van der Waals surface area contributed by atoms with E-state index in [1.54, 1.807) is 23.9 Å². The lowest BCUT2D eigenvalue weighted by molar-refractivity contribution is -0.112. The van der Waals surface area contributed by atoms with Crippen molar-refractivity contribution in [3.8, 4) is 0 Å². The summed E-state index contributed by atoms with van der Waals surface area (Å²) < 4.78 is 0. The molecule has 0 unspecified atom stereocenters. The second kappa shape index (κ2) is 11.5. The SMILES string of the molecule is O=C(N[C@H](C(=O)Sc1ccccc1)[C@H](Sc1ccccc1)c1ccccc1)c1ccccc1. The highest BCUT2D eigenvalue weighted by Crippen LogP contribution is 2.40. The predicted octanol–water partition coefficient (Wildman–Crippen LogP) is 6.64. The molecular weight excluding hydrogens is 446 g/mol. The number of thioether (sulfide) groups is 2. The molecule has 0 saturated carbocycles. The van der Waals surface area contributed by atoms with Crippen LogP contribution < -0.4 is 5.32 Å². The molecule has 0 bridgehead atoms. The zero-order chi connectivity index (χ0) is 22.9. The number of rotatable bonds is 8. The number of hydrogen-bond donors (Lipinski definition) is 1. The molecule has 0 spiro atoms. The van der Waals surface area contributed by atoms with Gasteiger partial charge in [0, 0.05) is 15.4 Å². The summed E-state index contributed by atoms with van der Waals surface area (Å²) in [6.45, 7) is 0. The fourth-order valence-electron chi connectivity index (χ4n) is 3.36.